The molecule has 1 saturated heterocycles. The summed E-state index contributed by atoms with van der Waals surface area (Å²) >= 11 is 5.51. The SMILES string of the molecule is CNC(=O)c1ccc(N2C(=S)N(c3ccc(C#N)c(C(C)(P)CF)c3F)C(=O)C2(C)C)cc1F. The molecule has 2 atom stereocenters. The van der Waals surface area contributed by atoms with E-state index in [4.69, 9.17) is 12.2 Å². The second kappa shape index (κ2) is 8.97. The zero-order chi connectivity index (χ0) is 25.6. The Morgan fingerprint density at radius 2 is 1.94 bits per heavy atom. The zero-order valence-corrected chi connectivity index (χ0v) is 20.8. The Bertz CT molecular complexity index is 1260. The van der Waals surface area contributed by atoms with Crippen LogP contribution >= 0.6 is 21.5 Å². The average molecular weight is 506 g/mol. The van der Waals surface area contributed by atoms with Gasteiger partial charge in [-0.3, -0.25) is 14.5 Å². The monoisotopic (exact) mass is 506 g/mol. The normalized spacial score (nSPS) is 16.9. The molecule has 2 aromatic carbocycles. The van der Waals surface area contributed by atoms with Crippen LogP contribution < -0.4 is 15.1 Å². The van der Waals surface area contributed by atoms with Crippen molar-refractivity contribution >= 4 is 49.8 Å². The van der Waals surface area contributed by atoms with Crippen molar-refractivity contribution in [3.05, 3.63) is 58.7 Å². The van der Waals surface area contributed by atoms with Crippen molar-refractivity contribution in [3.8, 4) is 6.07 Å². The van der Waals surface area contributed by atoms with Gasteiger partial charge in [-0.15, -0.1) is 9.24 Å². The van der Waals surface area contributed by atoms with Crippen LogP contribution in [-0.2, 0) is 9.95 Å². The molecule has 2 aromatic rings. The van der Waals surface area contributed by atoms with Crippen LogP contribution in [0.1, 0.15) is 42.3 Å². The first kappa shape index (κ1) is 25.6. The zero-order valence-electron chi connectivity index (χ0n) is 18.9. The summed E-state index contributed by atoms with van der Waals surface area (Å²) < 4.78 is 44.1. The summed E-state index contributed by atoms with van der Waals surface area (Å²) in [6.07, 6.45) is 0. The Kier molecular flexibility index (Phi) is 6.75. The number of hydrogen-bond acceptors (Lipinski definition) is 4. The first-order chi connectivity index (χ1) is 15.8. The van der Waals surface area contributed by atoms with E-state index in [0.717, 1.165) is 11.0 Å². The predicted octanol–water partition coefficient (Wildman–Crippen LogP) is 4.17. The van der Waals surface area contributed by atoms with Crippen molar-refractivity contribution < 1.29 is 22.8 Å². The quantitative estimate of drug-likeness (QED) is 0.487. The van der Waals surface area contributed by atoms with Crippen molar-refractivity contribution in [1.29, 1.82) is 5.26 Å². The molecule has 0 aliphatic carbocycles. The van der Waals surface area contributed by atoms with Crippen LogP contribution in [0, 0.1) is 23.0 Å². The van der Waals surface area contributed by atoms with E-state index in [-0.39, 0.29) is 33.2 Å². The van der Waals surface area contributed by atoms with Crippen LogP contribution in [0.3, 0.4) is 0 Å². The molecule has 11 heteroatoms. The Balaban J connectivity index is 2.16. The van der Waals surface area contributed by atoms with Gasteiger partial charge in [0.15, 0.2) is 10.9 Å². The first-order valence-electron chi connectivity index (χ1n) is 10.1. The number of anilines is 2. The van der Waals surface area contributed by atoms with Gasteiger partial charge in [-0.2, -0.15) is 5.26 Å². The van der Waals surface area contributed by atoms with E-state index >= 15 is 4.39 Å². The number of rotatable bonds is 5. The fourth-order valence-electron chi connectivity index (χ4n) is 3.86. The topological polar surface area (TPSA) is 76.4 Å². The van der Waals surface area contributed by atoms with Crippen molar-refractivity contribution in [2.24, 2.45) is 0 Å². The summed E-state index contributed by atoms with van der Waals surface area (Å²) in [6, 6.07) is 8.15. The Morgan fingerprint density at radius 1 is 1.29 bits per heavy atom. The summed E-state index contributed by atoms with van der Waals surface area (Å²) in [5, 5.41) is 10.2. The molecular formula is C23H22F3N4O2PS. The molecule has 1 fully saturated rings. The van der Waals surface area contributed by atoms with Crippen molar-refractivity contribution in [2.45, 2.75) is 31.5 Å². The molecule has 1 aliphatic heterocycles. The third kappa shape index (κ3) is 3.93. The maximum atomic E-state index is 15.7. The van der Waals surface area contributed by atoms with Gasteiger partial charge >= 0.3 is 0 Å². The number of halogens is 3. The molecule has 0 aromatic heterocycles. The van der Waals surface area contributed by atoms with E-state index in [1.54, 1.807) is 0 Å². The highest BCUT2D eigenvalue weighted by atomic mass is 32.1. The Labute approximate surface area is 202 Å². The molecule has 34 heavy (non-hydrogen) atoms. The van der Waals surface area contributed by atoms with Crippen LogP contribution in [0.15, 0.2) is 30.3 Å². The van der Waals surface area contributed by atoms with Crippen LogP contribution in [0.5, 0.6) is 0 Å². The van der Waals surface area contributed by atoms with Gasteiger partial charge in [0.2, 0.25) is 0 Å². The number of thiocarbonyl (C=S) groups is 1. The number of carbonyl (C=O) groups is 2. The molecule has 0 spiro atoms. The lowest BCUT2D eigenvalue weighted by atomic mass is 9.94. The van der Waals surface area contributed by atoms with E-state index in [0.29, 0.717) is 0 Å². The summed E-state index contributed by atoms with van der Waals surface area (Å²) in [4.78, 5) is 27.5. The van der Waals surface area contributed by atoms with Crippen molar-refractivity contribution in [3.63, 3.8) is 0 Å². The lowest BCUT2D eigenvalue weighted by Crippen LogP contribution is -2.44. The average Bonchev–Trinajstić information content (AvgIpc) is 2.96. The van der Waals surface area contributed by atoms with Gasteiger partial charge in [-0.25, -0.2) is 13.2 Å². The molecule has 1 N–H and O–H groups in total. The third-order valence-corrected chi connectivity index (χ3v) is 6.49. The molecule has 1 heterocycles. The van der Waals surface area contributed by atoms with Gasteiger partial charge in [-0.1, -0.05) is 0 Å². The fourth-order valence-corrected chi connectivity index (χ4v) is 4.66. The summed E-state index contributed by atoms with van der Waals surface area (Å²) in [6.45, 7) is 3.52. The van der Waals surface area contributed by atoms with Gasteiger partial charge in [0.05, 0.1) is 22.9 Å². The third-order valence-electron chi connectivity index (χ3n) is 5.68. The summed E-state index contributed by atoms with van der Waals surface area (Å²) in [5.41, 5.74) is -1.87. The lowest BCUT2D eigenvalue weighted by molar-refractivity contribution is -0.120. The number of nitrogens with zero attached hydrogens (tertiary/aromatic N) is 3. The van der Waals surface area contributed by atoms with E-state index in [1.165, 1.54) is 57.0 Å². The predicted molar refractivity (Wildman–Crippen MR) is 131 cm³/mol. The van der Waals surface area contributed by atoms with E-state index in [9.17, 15) is 23.6 Å². The van der Waals surface area contributed by atoms with E-state index < -0.39 is 40.8 Å². The molecule has 0 saturated carbocycles. The van der Waals surface area contributed by atoms with Crippen LogP contribution in [-0.4, -0.2) is 36.2 Å². The second-order valence-corrected chi connectivity index (χ2v) is 10.2. The summed E-state index contributed by atoms with van der Waals surface area (Å²) in [5.74, 6) is -3.00. The highest BCUT2D eigenvalue weighted by Gasteiger charge is 2.51. The van der Waals surface area contributed by atoms with Crippen LogP contribution in [0.2, 0.25) is 0 Å². The molecule has 0 radical (unpaired) electrons. The van der Waals surface area contributed by atoms with Gasteiger partial charge < -0.3 is 10.2 Å². The number of carbonyl (C=O) groups excluding carboxylic acids is 2. The van der Waals surface area contributed by atoms with Gasteiger partial charge in [0.25, 0.3) is 11.8 Å². The van der Waals surface area contributed by atoms with Gasteiger partial charge in [-0.05, 0) is 63.3 Å². The minimum absolute atomic E-state index is 0.0723. The Morgan fingerprint density at radius 3 is 2.47 bits per heavy atom. The largest absolute Gasteiger partial charge is 0.355 e. The van der Waals surface area contributed by atoms with E-state index in [2.05, 4.69) is 14.6 Å². The van der Waals surface area contributed by atoms with Crippen molar-refractivity contribution in [1.82, 2.24) is 5.32 Å². The smallest absolute Gasteiger partial charge is 0.259 e. The minimum atomic E-state index is -1.41. The Hall–Kier alpha value is -3.02. The number of alkyl halides is 1. The van der Waals surface area contributed by atoms with Gasteiger partial charge in [0.1, 0.15) is 18.0 Å². The number of amides is 2. The number of benzene rings is 2. The number of hydrogen-bond donors (Lipinski definition) is 1. The molecule has 2 unspecified atom stereocenters. The minimum Gasteiger partial charge on any atom is -0.355 e. The van der Waals surface area contributed by atoms with Gasteiger partial charge in [0, 0.05) is 23.5 Å². The van der Waals surface area contributed by atoms with Crippen molar-refractivity contribution in [2.75, 3.05) is 23.5 Å². The molecule has 0 bridgehead atoms. The maximum absolute atomic E-state index is 15.7. The number of nitrogens with one attached hydrogen (secondary N) is 1. The molecule has 178 valence electrons. The molecule has 1 aliphatic rings. The standard InChI is InChI=1S/C23H22F3N4O2PS/c1-22(2)20(32)29(16-8-5-12(10-27)17(18(16)26)23(3,33)11-24)21(34)30(22)13-6-7-14(15(25)9-13)19(31)28-4/h5-9H,11,33H2,1-4H3,(H,28,31). The fraction of sp³-hybridized carbons (Fsp3) is 0.304. The molecule has 2 amide bonds. The number of nitriles is 1. The first-order valence-corrected chi connectivity index (χ1v) is 11.1. The van der Waals surface area contributed by atoms with Crippen LogP contribution in [0.4, 0.5) is 24.5 Å². The molecule has 6 nitrogen and oxygen atoms in total. The molecule has 3 rings (SSSR count). The van der Waals surface area contributed by atoms with Crippen LogP contribution in [0.25, 0.3) is 0 Å². The highest BCUT2D eigenvalue weighted by molar-refractivity contribution is 7.81. The second-order valence-electron chi connectivity index (χ2n) is 8.54. The molecular weight excluding hydrogens is 484 g/mol. The summed E-state index contributed by atoms with van der Waals surface area (Å²) in [7, 11) is 3.56. The lowest BCUT2D eigenvalue weighted by Gasteiger charge is -2.29. The maximum Gasteiger partial charge on any atom is 0.259 e. The highest BCUT2D eigenvalue weighted by Crippen LogP contribution is 2.42. The van der Waals surface area contributed by atoms with E-state index in [1.807, 2.05) is 6.07 Å².